The summed E-state index contributed by atoms with van der Waals surface area (Å²) in [5, 5.41) is 12.1. The van der Waals surface area contributed by atoms with Gasteiger partial charge in [0.1, 0.15) is 11.6 Å². The van der Waals surface area contributed by atoms with E-state index in [1.807, 2.05) is 0 Å². The monoisotopic (exact) mass is 169 g/mol. The summed E-state index contributed by atoms with van der Waals surface area (Å²) >= 11 is 0. The Morgan fingerprint density at radius 1 is 1.50 bits per heavy atom. The zero-order valence-electron chi connectivity index (χ0n) is 7.19. The molecule has 1 aromatic carbocycles. The maximum absolute atomic E-state index is 13.1. The fraction of sp³-hybridized carbons (Fsp3) is 0.333. The van der Waals surface area contributed by atoms with E-state index in [9.17, 15) is 9.50 Å². The first-order valence-corrected chi connectivity index (χ1v) is 3.77. The first-order valence-electron chi connectivity index (χ1n) is 3.77. The van der Waals surface area contributed by atoms with E-state index in [-0.39, 0.29) is 11.6 Å². The molecule has 0 saturated carbocycles. The highest BCUT2D eigenvalue weighted by atomic mass is 19.1. The van der Waals surface area contributed by atoms with Crippen LogP contribution >= 0.6 is 0 Å². The lowest BCUT2D eigenvalue weighted by atomic mass is 10.1. The quantitative estimate of drug-likeness (QED) is 0.704. The van der Waals surface area contributed by atoms with E-state index in [1.54, 1.807) is 14.0 Å². The number of phenols is 1. The molecular formula is C9H12FNO. The summed E-state index contributed by atoms with van der Waals surface area (Å²) in [4.78, 5) is 0. The van der Waals surface area contributed by atoms with Crippen LogP contribution in [-0.4, -0.2) is 12.2 Å². The van der Waals surface area contributed by atoms with Crippen LogP contribution in [0.4, 0.5) is 4.39 Å². The Kier molecular flexibility index (Phi) is 2.65. The lowest BCUT2D eigenvalue weighted by Crippen LogP contribution is -2.07. The molecule has 0 aromatic heterocycles. The fourth-order valence-electron chi connectivity index (χ4n) is 1.03. The molecule has 1 aromatic rings. The Morgan fingerprint density at radius 2 is 2.17 bits per heavy atom. The molecule has 0 atom stereocenters. The van der Waals surface area contributed by atoms with Gasteiger partial charge >= 0.3 is 0 Å². The molecule has 0 spiro atoms. The molecule has 0 amide bonds. The van der Waals surface area contributed by atoms with Gasteiger partial charge in [-0.2, -0.15) is 0 Å². The van der Waals surface area contributed by atoms with E-state index in [2.05, 4.69) is 5.32 Å². The van der Waals surface area contributed by atoms with Crippen LogP contribution in [0.3, 0.4) is 0 Å². The molecule has 0 unspecified atom stereocenters. The van der Waals surface area contributed by atoms with Gasteiger partial charge in [0.25, 0.3) is 0 Å². The minimum Gasteiger partial charge on any atom is -0.508 e. The smallest absolute Gasteiger partial charge is 0.128 e. The summed E-state index contributed by atoms with van der Waals surface area (Å²) in [5.74, 6) is -0.138. The first kappa shape index (κ1) is 9.00. The summed E-state index contributed by atoms with van der Waals surface area (Å²) in [6.45, 7) is 2.10. The van der Waals surface area contributed by atoms with Gasteiger partial charge in [-0.1, -0.05) is 0 Å². The number of benzene rings is 1. The summed E-state index contributed by atoms with van der Waals surface area (Å²) in [6.07, 6.45) is 0. The van der Waals surface area contributed by atoms with Crippen molar-refractivity contribution in [1.29, 1.82) is 0 Å². The summed E-state index contributed by atoms with van der Waals surface area (Å²) in [6, 6.07) is 2.78. The highest BCUT2D eigenvalue weighted by molar-refractivity contribution is 5.36. The Balaban J connectivity index is 3.05. The highest BCUT2D eigenvalue weighted by Gasteiger charge is 2.04. The minimum atomic E-state index is -0.278. The molecule has 0 bridgehead atoms. The van der Waals surface area contributed by atoms with Gasteiger partial charge in [-0.15, -0.1) is 0 Å². The molecule has 2 nitrogen and oxygen atoms in total. The molecule has 66 valence electrons. The second kappa shape index (κ2) is 3.54. The van der Waals surface area contributed by atoms with E-state index < -0.39 is 0 Å². The van der Waals surface area contributed by atoms with E-state index in [0.717, 1.165) is 0 Å². The van der Waals surface area contributed by atoms with Crippen molar-refractivity contribution >= 4 is 0 Å². The van der Waals surface area contributed by atoms with Gasteiger partial charge in [-0.3, -0.25) is 0 Å². The van der Waals surface area contributed by atoms with Gasteiger partial charge in [0.2, 0.25) is 0 Å². The van der Waals surface area contributed by atoms with Crippen LogP contribution in [0.25, 0.3) is 0 Å². The van der Waals surface area contributed by atoms with Crippen molar-refractivity contribution in [2.45, 2.75) is 13.5 Å². The molecule has 0 radical (unpaired) electrons. The van der Waals surface area contributed by atoms with Crippen LogP contribution in [0.5, 0.6) is 5.75 Å². The number of phenolic OH excluding ortho intramolecular Hbond substituents is 1. The fourth-order valence-corrected chi connectivity index (χ4v) is 1.03. The number of hydrogen-bond donors (Lipinski definition) is 2. The number of nitrogens with one attached hydrogen (secondary N) is 1. The third kappa shape index (κ3) is 1.74. The SMILES string of the molecule is CNCc1cc(O)c(C)cc1F. The predicted molar refractivity (Wildman–Crippen MR) is 45.6 cm³/mol. The predicted octanol–water partition coefficient (Wildman–Crippen LogP) is 1.56. The molecule has 0 aliphatic carbocycles. The molecule has 0 saturated heterocycles. The molecule has 0 aliphatic rings. The average molecular weight is 169 g/mol. The van der Waals surface area contributed by atoms with Gasteiger partial charge in [-0.05, 0) is 31.7 Å². The Bertz CT molecular complexity index is 286. The molecule has 0 heterocycles. The Morgan fingerprint density at radius 3 is 2.75 bits per heavy atom. The van der Waals surface area contributed by atoms with Crippen molar-refractivity contribution in [1.82, 2.24) is 5.32 Å². The second-order valence-corrected chi connectivity index (χ2v) is 2.76. The van der Waals surface area contributed by atoms with E-state index in [0.29, 0.717) is 17.7 Å². The zero-order chi connectivity index (χ0) is 9.14. The summed E-state index contributed by atoms with van der Waals surface area (Å²) in [7, 11) is 1.73. The molecule has 1 rings (SSSR count). The van der Waals surface area contributed by atoms with Crippen molar-refractivity contribution in [2.24, 2.45) is 0 Å². The van der Waals surface area contributed by atoms with Crippen molar-refractivity contribution < 1.29 is 9.50 Å². The third-order valence-corrected chi connectivity index (χ3v) is 1.73. The summed E-state index contributed by atoms with van der Waals surface area (Å²) < 4.78 is 13.1. The molecule has 3 heteroatoms. The van der Waals surface area contributed by atoms with Gasteiger partial charge in [0, 0.05) is 12.1 Å². The van der Waals surface area contributed by atoms with E-state index >= 15 is 0 Å². The van der Waals surface area contributed by atoms with Crippen LogP contribution < -0.4 is 5.32 Å². The highest BCUT2D eigenvalue weighted by Crippen LogP contribution is 2.20. The van der Waals surface area contributed by atoms with Crippen LogP contribution in [-0.2, 0) is 6.54 Å². The van der Waals surface area contributed by atoms with Crippen molar-refractivity contribution in [3.8, 4) is 5.75 Å². The topological polar surface area (TPSA) is 32.3 Å². The van der Waals surface area contributed by atoms with Crippen LogP contribution in [0, 0.1) is 12.7 Å². The largest absolute Gasteiger partial charge is 0.508 e. The average Bonchev–Trinajstić information content (AvgIpc) is 2.01. The third-order valence-electron chi connectivity index (χ3n) is 1.73. The van der Waals surface area contributed by atoms with Crippen LogP contribution in [0.1, 0.15) is 11.1 Å². The second-order valence-electron chi connectivity index (χ2n) is 2.76. The number of rotatable bonds is 2. The van der Waals surface area contributed by atoms with Crippen LogP contribution in [0.2, 0.25) is 0 Å². The maximum atomic E-state index is 13.1. The molecule has 0 fully saturated rings. The van der Waals surface area contributed by atoms with E-state index in [4.69, 9.17) is 0 Å². The van der Waals surface area contributed by atoms with Gasteiger partial charge in [0.05, 0.1) is 0 Å². The number of halogens is 1. The molecule has 0 aliphatic heterocycles. The number of aromatic hydroxyl groups is 1. The maximum Gasteiger partial charge on any atom is 0.128 e. The Labute approximate surface area is 71.0 Å². The van der Waals surface area contributed by atoms with Gasteiger partial charge in [0.15, 0.2) is 0 Å². The van der Waals surface area contributed by atoms with Gasteiger partial charge < -0.3 is 10.4 Å². The van der Waals surface area contributed by atoms with E-state index in [1.165, 1.54) is 12.1 Å². The van der Waals surface area contributed by atoms with Crippen molar-refractivity contribution in [2.75, 3.05) is 7.05 Å². The summed E-state index contributed by atoms with van der Waals surface area (Å²) in [5.41, 5.74) is 1.05. The minimum absolute atomic E-state index is 0.140. The molecule has 12 heavy (non-hydrogen) atoms. The zero-order valence-corrected chi connectivity index (χ0v) is 7.19. The molecule has 2 N–H and O–H groups in total. The van der Waals surface area contributed by atoms with Crippen LogP contribution in [0.15, 0.2) is 12.1 Å². The lowest BCUT2D eigenvalue weighted by Gasteiger charge is -2.04. The van der Waals surface area contributed by atoms with Crippen molar-refractivity contribution in [3.63, 3.8) is 0 Å². The molecular weight excluding hydrogens is 157 g/mol. The Hall–Kier alpha value is -1.09. The van der Waals surface area contributed by atoms with Gasteiger partial charge in [-0.25, -0.2) is 4.39 Å². The van der Waals surface area contributed by atoms with Crippen molar-refractivity contribution in [3.05, 3.63) is 29.1 Å². The normalized spacial score (nSPS) is 10.2. The standard InChI is InChI=1S/C9H12FNO/c1-6-3-8(10)7(5-11-2)4-9(6)12/h3-4,11-12H,5H2,1-2H3. The first-order chi connectivity index (χ1) is 5.65. The number of aryl methyl sites for hydroxylation is 1. The lowest BCUT2D eigenvalue weighted by molar-refractivity contribution is 0.466. The number of hydrogen-bond acceptors (Lipinski definition) is 2.